The summed E-state index contributed by atoms with van der Waals surface area (Å²) in [4.78, 5) is 30.4. The molecule has 1 aromatic carbocycles. The van der Waals surface area contributed by atoms with Crippen LogP contribution in [0.2, 0.25) is 5.02 Å². The molecule has 0 atom stereocenters. The summed E-state index contributed by atoms with van der Waals surface area (Å²) < 4.78 is 55.7. The molecule has 4 rings (SSSR count). The molecule has 13 heteroatoms. The third-order valence-electron chi connectivity index (χ3n) is 5.37. The molecule has 1 amide bonds. The fourth-order valence-corrected chi connectivity index (χ4v) is 4.03. The highest BCUT2D eigenvalue weighted by Crippen LogP contribution is 2.34. The minimum absolute atomic E-state index is 0.0260. The van der Waals surface area contributed by atoms with E-state index in [0.29, 0.717) is 24.1 Å². The number of carbonyl (C=O) groups excluding carboxylic acids is 1. The van der Waals surface area contributed by atoms with Crippen molar-refractivity contribution in [2.45, 2.75) is 25.7 Å². The molecule has 0 saturated heterocycles. The van der Waals surface area contributed by atoms with Crippen molar-refractivity contribution in [3.05, 3.63) is 73.9 Å². The standard InChI is InChI=1S/C20H17ClF4N6O2/c1-26-19(33)17-13(6-10-2-3-11(22)7-12(10)20(23,24)25)31-5-4-30(9-15(31)28-17)14-8-27-29-18(32)16(14)21/h2-3,7-8H,4-6,9H2,1H3,(H,26,33)(H,29,32). The summed E-state index contributed by atoms with van der Waals surface area (Å²) >= 11 is 6.09. The van der Waals surface area contributed by atoms with E-state index in [9.17, 15) is 27.2 Å². The van der Waals surface area contributed by atoms with Crippen molar-refractivity contribution < 1.29 is 22.4 Å². The van der Waals surface area contributed by atoms with Crippen molar-refractivity contribution in [3.8, 4) is 0 Å². The number of fused-ring (bicyclic) bond motifs is 1. The number of nitrogens with zero attached hydrogens (tertiary/aromatic N) is 4. The van der Waals surface area contributed by atoms with E-state index in [1.165, 1.54) is 13.2 Å². The zero-order valence-electron chi connectivity index (χ0n) is 17.1. The van der Waals surface area contributed by atoms with Crippen molar-refractivity contribution in [3.63, 3.8) is 0 Å². The molecule has 0 fully saturated rings. The fraction of sp³-hybridized carbons (Fsp3) is 0.300. The van der Waals surface area contributed by atoms with Gasteiger partial charge in [-0.3, -0.25) is 9.59 Å². The summed E-state index contributed by atoms with van der Waals surface area (Å²) in [5.41, 5.74) is -1.24. The van der Waals surface area contributed by atoms with Crippen LogP contribution in [0.5, 0.6) is 0 Å². The summed E-state index contributed by atoms with van der Waals surface area (Å²) in [7, 11) is 1.39. The quantitative estimate of drug-likeness (QED) is 0.555. The van der Waals surface area contributed by atoms with Crippen LogP contribution in [-0.2, 0) is 25.7 Å². The molecule has 2 N–H and O–H groups in total. The SMILES string of the molecule is CNC(=O)c1nc2n(c1Cc1ccc(F)cc1C(F)(F)F)CCN(c1cn[nH]c(=O)c1Cl)C2. The predicted octanol–water partition coefficient (Wildman–Crippen LogP) is 2.75. The van der Waals surface area contributed by atoms with E-state index in [-0.39, 0.29) is 41.5 Å². The van der Waals surface area contributed by atoms with Gasteiger partial charge in [0.05, 0.1) is 29.7 Å². The van der Waals surface area contributed by atoms with E-state index >= 15 is 0 Å². The number of anilines is 1. The number of halogens is 5. The van der Waals surface area contributed by atoms with Gasteiger partial charge in [0.2, 0.25) is 0 Å². The highest BCUT2D eigenvalue weighted by Gasteiger charge is 2.35. The number of hydrogen-bond acceptors (Lipinski definition) is 5. The second kappa shape index (κ2) is 8.50. The summed E-state index contributed by atoms with van der Waals surface area (Å²) in [5.74, 6) is -1.17. The number of benzene rings is 1. The predicted molar refractivity (Wildman–Crippen MR) is 111 cm³/mol. The van der Waals surface area contributed by atoms with Gasteiger partial charge in [0.25, 0.3) is 11.5 Å². The molecule has 0 aliphatic carbocycles. The van der Waals surface area contributed by atoms with Crippen molar-refractivity contribution in [1.82, 2.24) is 25.1 Å². The molecule has 1 aliphatic rings. The average molecular weight is 485 g/mol. The molecule has 8 nitrogen and oxygen atoms in total. The third-order valence-corrected chi connectivity index (χ3v) is 5.74. The monoisotopic (exact) mass is 484 g/mol. The van der Waals surface area contributed by atoms with Crippen LogP contribution in [0.1, 0.15) is 33.1 Å². The van der Waals surface area contributed by atoms with E-state index in [4.69, 9.17) is 11.6 Å². The Hall–Kier alpha value is -3.41. The largest absolute Gasteiger partial charge is 0.416 e. The van der Waals surface area contributed by atoms with Gasteiger partial charge in [-0.15, -0.1) is 0 Å². The van der Waals surface area contributed by atoms with Crippen LogP contribution < -0.4 is 15.8 Å². The molecule has 174 valence electrons. The van der Waals surface area contributed by atoms with Crippen molar-refractivity contribution in [1.29, 1.82) is 0 Å². The summed E-state index contributed by atoms with van der Waals surface area (Å²) in [5, 5.41) is 8.36. The van der Waals surface area contributed by atoms with Crippen LogP contribution in [0.25, 0.3) is 0 Å². The number of nitrogens with one attached hydrogen (secondary N) is 2. The number of rotatable bonds is 4. The first-order chi connectivity index (χ1) is 15.6. The number of aromatic amines is 1. The number of amides is 1. The molecular weight excluding hydrogens is 468 g/mol. The van der Waals surface area contributed by atoms with Crippen LogP contribution in [0.4, 0.5) is 23.2 Å². The third kappa shape index (κ3) is 4.30. The lowest BCUT2D eigenvalue weighted by Gasteiger charge is -2.30. The van der Waals surface area contributed by atoms with E-state index in [0.717, 1.165) is 12.1 Å². The molecule has 3 heterocycles. The number of imidazole rings is 1. The van der Waals surface area contributed by atoms with E-state index in [2.05, 4.69) is 20.5 Å². The Bertz CT molecular complexity index is 1290. The van der Waals surface area contributed by atoms with E-state index in [1.807, 2.05) is 0 Å². The zero-order chi connectivity index (χ0) is 23.9. The van der Waals surface area contributed by atoms with Crippen LogP contribution in [-0.4, -0.2) is 39.2 Å². The zero-order valence-corrected chi connectivity index (χ0v) is 17.9. The van der Waals surface area contributed by atoms with Crippen LogP contribution in [0.3, 0.4) is 0 Å². The van der Waals surface area contributed by atoms with Gasteiger partial charge < -0.3 is 14.8 Å². The van der Waals surface area contributed by atoms with Crippen LogP contribution >= 0.6 is 11.6 Å². The molecule has 0 saturated carbocycles. The Labute approximate surface area is 189 Å². The molecule has 0 bridgehead atoms. The average Bonchev–Trinajstić information content (AvgIpc) is 3.13. The Kier molecular flexibility index (Phi) is 5.87. The number of carbonyl (C=O) groups is 1. The number of alkyl halides is 3. The van der Waals surface area contributed by atoms with E-state index in [1.54, 1.807) is 9.47 Å². The normalized spacial score (nSPS) is 13.7. The first-order valence-corrected chi connectivity index (χ1v) is 10.1. The van der Waals surface area contributed by atoms with Gasteiger partial charge in [-0.25, -0.2) is 14.5 Å². The lowest BCUT2D eigenvalue weighted by molar-refractivity contribution is -0.138. The molecule has 0 unspecified atom stereocenters. The molecule has 3 aromatic rings. The Morgan fingerprint density at radius 3 is 2.76 bits per heavy atom. The van der Waals surface area contributed by atoms with Gasteiger partial charge in [0, 0.05) is 26.6 Å². The first kappa shape index (κ1) is 22.8. The summed E-state index contributed by atoms with van der Waals surface area (Å²) in [6.45, 7) is 0.745. The second-order valence-corrected chi connectivity index (χ2v) is 7.73. The Morgan fingerprint density at radius 2 is 2.06 bits per heavy atom. The van der Waals surface area contributed by atoms with Crippen molar-refractivity contribution in [2.75, 3.05) is 18.5 Å². The maximum absolute atomic E-state index is 13.5. The number of hydrogen-bond donors (Lipinski definition) is 2. The van der Waals surface area contributed by atoms with Crippen molar-refractivity contribution >= 4 is 23.2 Å². The molecule has 2 aromatic heterocycles. The van der Waals surface area contributed by atoms with Gasteiger partial charge in [0.15, 0.2) is 0 Å². The Balaban J connectivity index is 1.76. The number of H-pyrrole nitrogens is 1. The van der Waals surface area contributed by atoms with Crippen LogP contribution in [0, 0.1) is 5.82 Å². The van der Waals surface area contributed by atoms with Gasteiger partial charge in [-0.1, -0.05) is 17.7 Å². The van der Waals surface area contributed by atoms with Gasteiger partial charge in [-0.2, -0.15) is 18.3 Å². The Morgan fingerprint density at radius 1 is 1.30 bits per heavy atom. The molecule has 33 heavy (non-hydrogen) atoms. The topological polar surface area (TPSA) is 95.9 Å². The molecule has 1 aliphatic heterocycles. The minimum Gasteiger partial charge on any atom is -0.360 e. The lowest BCUT2D eigenvalue weighted by Crippen LogP contribution is -2.35. The first-order valence-electron chi connectivity index (χ1n) is 9.74. The highest BCUT2D eigenvalue weighted by atomic mass is 35.5. The molecule has 0 spiro atoms. The molecular formula is C20H17ClF4N6O2. The smallest absolute Gasteiger partial charge is 0.360 e. The summed E-state index contributed by atoms with van der Waals surface area (Å²) in [6.07, 6.45) is -3.66. The van der Waals surface area contributed by atoms with Gasteiger partial charge in [0.1, 0.15) is 22.4 Å². The van der Waals surface area contributed by atoms with Gasteiger partial charge >= 0.3 is 6.18 Å². The number of aromatic nitrogens is 4. The van der Waals surface area contributed by atoms with E-state index < -0.39 is 29.0 Å². The maximum atomic E-state index is 13.5. The summed E-state index contributed by atoms with van der Waals surface area (Å²) in [6, 6.07) is 2.44. The van der Waals surface area contributed by atoms with Crippen molar-refractivity contribution in [2.24, 2.45) is 0 Å². The fourth-order valence-electron chi connectivity index (χ4n) is 3.82. The highest BCUT2D eigenvalue weighted by molar-refractivity contribution is 6.33. The minimum atomic E-state index is -4.77. The second-order valence-electron chi connectivity index (χ2n) is 7.35. The molecule has 0 radical (unpaired) electrons. The maximum Gasteiger partial charge on any atom is 0.416 e. The van der Waals surface area contributed by atoms with Gasteiger partial charge in [-0.05, 0) is 17.7 Å². The van der Waals surface area contributed by atoms with Crippen LogP contribution in [0.15, 0.2) is 29.2 Å². The lowest BCUT2D eigenvalue weighted by atomic mass is 10.0.